The third-order valence-corrected chi connectivity index (χ3v) is 1.74. The van der Waals surface area contributed by atoms with Gasteiger partial charge in [-0.05, 0) is 0 Å². The normalized spacial score (nSPS) is 9.54. The molecule has 0 spiro atoms. The smallest absolute Gasteiger partial charge is 0.185 e. The molecule has 1 rings (SSSR count). The van der Waals surface area contributed by atoms with E-state index >= 15 is 0 Å². The van der Waals surface area contributed by atoms with Crippen molar-refractivity contribution in [2.45, 2.75) is 13.0 Å². The van der Waals surface area contributed by atoms with Gasteiger partial charge in [0, 0.05) is 24.9 Å². The molecule has 0 aromatic carbocycles. The molecule has 1 aromatic heterocycles. The fourth-order valence-corrected chi connectivity index (χ4v) is 1.17. The van der Waals surface area contributed by atoms with E-state index in [1.54, 1.807) is 18.3 Å². The molecule has 0 N–H and O–H groups in total. The number of hydrogen-bond donors (Lipinski definition) is 0. The van der Waals surface area contributed by atoms with Crippen molar-refractivity contribution in [2.24, 2.45) is 0 Å². The van der Waals surface area contributed by atoms with Crippen molar-refractivity contribution < 1.29 is 4.79 Å². The molecular weight excluding hydrogens is 164 g/mol. The lowest BCUT2D eigenvalue weighted by molar-refractivity contribution is 0.111. The number of aldehydes is 1. The van der Waals surface area contributed by atoms with Gasteiger partial charge in [-0.2, -0.15) is 0 Å². The lowest BCUT2D eigenvalue weighted by Gasteiger charge is -2.03. The van der Waals surface area contributed by atoms with E-state index in [-0.39, 0.29) is 0 Å². The molecule has 13 heavy (non-hydrogen) atoms. The van der Waals surface area contributed by atoms with Crippen LogP contribution in [0.15, 0.2) is 31.5 Å². The second-order valence-corrected chi connectivity index (χ2v) is 2.62. The first kappa shape index (κ1) is 9.45. The maximum atomic E-state index is 10.6. The second-order valence-electron chi connectivity index (χ2n) is 2.62. The Morgan fingerprint density at radius 2 is 2.23 bits per heavy atom. The molecular formula is C10H12N2O. The first-order valence-corrected chi connectivity index (χ1v) is 4.04. The minimum absolute atomic E-state index is 0.441. The number of carbonyl (C=O) groups is 1. The number of rotatable bonds is 5. The Hall–Kier alpha value is -1.64. The summed E-state index contributed by atoms with van der Waals surface area (Å²) in [5.74, 6) is 0.441. The van der Waals surface area contributed by atoms with Crippen LogP contribution in [0.4, 0.5) is 0 Å². The van der Waals surface area contributed by atoms with Crippen LogP contribution in [0.25, 0.3) is 0 Å². The van der Waals surface area contributed by atoms with E-state index in [2.05, 4.69) is 18.1 Å². The lowest BCUT2D eigenvalue weighted by Crippen LogP contribution is -2.04. The Balaban J connectivity index is 3.04. The molecule has 0 aliphatic heterocycles. The van der Waals surface area contributed by atoms with Crippen molar-refractivity contribution in [1.29, 1.82) is 0 Å². The second kappa shape index (κ2) is 4.40. The molecule has 0 unspecified atom stereocenters. The molecule has 0 atom stereocenters. The summed E-state index contributed by atoms with van der Waals surface area (Å²) in [6, 6.07) is 0. The molecule has 0 bridgehead atoms. The highest BCUT2D eigenvalue weighted by molar-refractivity contribution is 5.69. The fraction of sp³-hybridized carbons (Fsp3) is 0.200. The predicted molar refractivity (Wildman–Crippen MR) is 51.7 cm³/mol. The molecule has 0 aliphatic carbocycles. The van der Waals surface area contributed by atoms with Crippen molar-refractivity contribution in [1.82, 2.24) is 9.55 Å². The zero-order valence-corrected chi connectivity index (χ0v) is 7.44. The maximum Gasteiger partial charge on any atom is 0.185 e. The molecule has 0 saturated heterocycles. The topological polar surface area (TPSA) is 34.9 Å². The monoisotopic (exact) mass is 176 g/mol. The number of carbonyl (C=O) groups excluding carboxylic acids is 1. The molecule has 0 fully saturated rings. The third-order valence-electron chi connectivity index (χ3n) is 1.74. The Labute approximate surface area is 77.4 Å². The van der Waals surface area contributed by atoms with Gasteiger partial charge in [0.15, 0.2) is 12.1 Å². The van der Waals surface area contributed by atoms with Crippen LogP contribution in [0.5, 0.6) is 0 Å². The van der Waals surface area contributed by atoms with Gasteiger partial charge in [0.25, 0.3) is 0 Å². The molecule has 0 amide bonds. The van der Waals surface area contributed by atoms with Gasteiger partial charge in [0.2, 0.25) is 0 Å². The molecule has 1 heterocycles. The van der Waals surface area contributed by atoms with E-state index in [9.17, 15) is 4.79 Å². The number of nitrogens with zero attached hydrogens (tertiary/aromatic N) is 2. The molecule has 0 radical (unpaired) electrons. The van der Waals surface area contributed by atoms with Crippen molar-refractivity contribution >= 4 is 6.29 Å². The zero-order chi connectivity index (χ0) is 9.68. The van der Waals surface area contributed by atoms with Crippen LogP contribution in [0.1, 0.15) is 16.3 Å². The van der Waals surface area contributed by atoms with Crippen LogP contribution in [0.3, 0.4) is 0 Å². The van der Waals surface area contributed by atoms with Gasteiger partial charge in [-0.25, -0.2) is 4.98 Å². The zero-order valence-electron chi connectivity index (χ0n) is 7.44. The minimum Gasteiger partial charge on any atom is -0.322 e. The van der Waals surface area contributed by atoms with Gasteiger partial charge in [0.1, 0.15) is 0 Å². The van der Waals surface area contributed by atoms with E-state index in [1.807, 2.05) is 4.57 Å². The van der Waals surface area contributed by atoms with Crippen molar-refractivity contribution in [2.75, 3.05) is 0 Å². The summed E-state index contributed by atoms with van der Waals surface area (Å²) in [4.78, 5) is 14.5. The standard InChI is InChI=1S/C10H12N2O/c1-3-5-9-7-11-10(8-13)12(9)6-4-2/h3-4,7-8H,1-2,5-6H2. The van der Waals surface area contributed by atoms with Crippen LogP contribution in [0.2, 0.25) is 0 Å². The highest BCUT2D eigenvalue weighted by atomic mass is 16.1. The highest BCUT2D eigenvalue weighted by Gasteiger charge is 2.05. The van der Waals surface area contributed by atoms with Gasteiger partial charge in [0.05, 0.1) is 0 Å². The van der Waals surface area contributed by atoms with Gasteiger partial charge in [-0.3, -0.25) is 4.79 Å². The summed E-state index contributed by atoms with van der Waals surface area (Å²) in [6.45, 7) is 7.87. The fourth-order valence-electron chi connectivity index (χ4n) is 1.17. The summed E-state index contributed by atoms with van der Waals surface area (Å²) in [6.07, 6.45) is 6.67. The van der Waals surface area contributed by atoms with E-state index < -0.39 is 0 Å². The van der Waals surface area contributed by atoms with Gasteiger partial charge >= 0.3 is 0 Å². The van der Waals surface area contributed by atoms with E-state index in [0.717, 1.165) is 12.0 Å². The highest BCUT2D eigenvalue weighted by Crippen LogP contribution is 2.05. The molecule has 68 valence electrons. The number of aromatic nitrogens is 2. The summed E-state index contributed by atoms with van der Waals surface area (Å²) in [7, 11) is 0. The number of imidazole rings is 1. The van der Waals surface area contributed by atoms with Crippen LogP contribution in [-0.2, 0) is 13.0 Å². The quantitative estimate of drug-likeness (QED) is 0.504. The summed E-state index contributed by atoms with van der Waals surface area (Å²) in [5.41, 5.74) is 0.983. The minimum atomic E-state index is 0.441. The van der Waals surface area contributed by atoms with Gasteiger partial charge < -0.3 is 4.57 Å². The lowest BCUT2D eigenvalue weighted by atomic mass is 10.3. The van der Waals surface area contributed by atoms with Crippen LogP contribution >= 0.6 is 0 Å². The van der Waals surface area contributed by atoms with Crippen LogP contribution in [-0.4, -0.2) is 15.8 Å². The van der Waals surface area contributed by atoms with Gasteiger partial charge in [-0.1, -0.05) is 12.2 Å². The summed E-state index contributed by atoms with van der Waals surface area (Å²) >= 11 is 0. The summed E-state index contributed by atoms with van der Waals surface area (Å²) < 4.78 is 1.82. The maximum absolute atomic E-state index is 10.6. The largest absolute Gasteiger partial charge is 0.322 e. The first-order valence-electron chi connectivity index (χ1n) is 4.04. The molecule has 0 aliphatic rings. The van der Waals surface area contributed by atoms with Crippen LogP contribution in [0, 0.1) is 0 Å². The SMILES string of the molecule is C=CCc1cnc(C=O)n1CC=C. The Morgan fingerprint density at radius 3 is 2.77 bits per heavy atom. The average Bonchev–Trinajstić information content (AvgIpc) is 2.50. The third kappa shape index (κ3) is 1.93. The van der Waals surface area contributed by atoms with E-state index in [1.165, 1.54) is 0 Å². The average molecular weight is 176 g/mol. The molecule has 3 heteroatoms. The first-order chi connectivity index (χ1) is 6.33. The Bertz CT molecular complexity index is 326. The van der Waals surface area contributed by atoms with Crippen LogP contribution < -0.4 is 0 Å². The van der Waals surface area contributed by atoms with Crippen molar-refractivity contribution in [3.8, 4) is 0 Å². The van der Waals surface area contributed by atoms with E-state index in [0.29, 0.717) is 18.8 Å². The van der Waals surface area contributed by atoms with Crippen molar-refractivity contribution in [3.05, 3.63) is 43.0 Å². The Kier molecular flexibility index (Phi) is 3.20. The van der Waals surface area contributed by atoms with Crippen molar-refractivity contribution in [3.63, 3.8) is 0 Å². The number of allylic oxidation sites excluding steroid dienone is 2. The predicted octanol–water partition coefficient (Wildman–Crippen LogP) is 1.61. The molecule has 0 saturated carbocycles. The Morgan fingerprint density at radius 1 is 1.46 bits per heavy atom. The number of hydrogen-bond acceptors (Lipinski definition) is 2. The van der Waals surface area contributed by atoms with Gasteiger partial charge in [-0.15, -0.1) is 13.2 Å². The summed E-state index contributed by atoms with van der Waals surface area (Å²) in [5, 5.41) is 0. The molecule has 3 nitrogen and oxygen atoms in total. The molecule has 1 aromatic rings. The van der Waals surface area contributed by atoms with E-state index in [4.69, 9.17) is 0 Å².